The molecule has 0 atom stereocenters. The van der Waals surface area contributed by atoms with E-state index in [1.165, 1.54) is 12.3 Å². The van der Waals surface area contributed by atoms with E-state index in [-0.39, 0.29) is 11.4 Å². The summed E-state index contributed by atoms with van der Waals surface area (Å²) in [7, 11) is 0. The van der Waals surface area contributed by atoms with Crippen LogP contribution in [0.4, 0.5) is 13.2 Å². The Balaban J connectivity index is 2.18. The zero-order chi connectivity index (χ0) is 12.3. The number of nitrogens with zero attached hydrogens (tertiary/aromatic N) is 2. The van der Waals surface area contributed by atoms with Crippen LogP contribution in [0.15, 0.2) is 47.6 Å². The molecular weight excluding hydrogens is 233 g/mol. The summed E-state index contributed by atoms with van der Waals surface area (Å²) in [4.78, 5) is 3.73. The van der Waals surface area contributed by atoms with Gasteiger partial charge in [0.05, 0.1) is 6.54 Å². The monoisotopic (exact) mass is 242 g/mol. The Bertz CT molecular complexity index is 440. The number of halogens is 3. The predicted octanol–water partition coefficient (Wildman–Crippen LogP) is 2.77. The van der Waals surface area contributed by atoms with Crippen molar-refractivity contribution in [2.75, 3.05) is 6.54 Å². The van der Waals surface area contributed by atoms with Crippen molar-refractivity contribution in [3.05, 3.63) is 42.6 Å². The van der Waals surface area contributed by atoms with Crippen molar-refractivity contribution in [3.8, 4) is 5.75 Å². The molecule has 3 nitrogen and oxygen atoms in total. The third kappa shape index (κ3) is 2.77. The molecule has 0 bridgehead atoms. The molecule has 1 heterocycles. The molecule has 0 saturated heterocycles. The minimum atomic E-state index is -4.50. The number of para-hydroxylation sites is 1. The maximum Gasteiger partial charge on any atom is 0.488 e. The normalized spacial score (nSPS) is 15.7. The number of alkyl halides is 3. The fraction of sp³-hybridized carbons (Fsp3) is 0.182. The smallest absolute Gasteiger partial charge is 0.426 e. The second-order valence-electron chi connectivity index (χ2n) is 3.29. The van der Waals surface area contributed by atoms with Crippen LogP contribution in [0.3, 0.4) is 0 Å². The molecule has 0 amide bonds. The summed E-state index contributed by atoms with van der Waals surface area (Å²) in [6, 6.07) is 7.76. The van der Waals surface area contributed by atoms with Crippen molar-refractivity contribution >= 4 is 6.02 Å². The van der Waals surface area contributed by atoms with Crippen molar-refractivity contribution in [1.29, 1.82) is 0 Å². The molecule has 1 aromatic rings. The molecule has 2 rings (SSSR count). The fourth-order valence-electron chi connectivity index (χ4n) is 1.30. The summed E-state index contributed by atoms with van der Waals surface area (Å²) < 4.78 is 43.0. The largest absolute Gasteiger partial charge is 0.488 e. The van der Waals surface area contributed by atoms with Crippen molar-refractivity contribution in [3.63, 3.8) is 0 Å². The van der Waals surface area contributed by atoms with Crippen molar-refractivity contribution in [2.24, 2.45) is 4.99 Å². The van der Waals surface area contributed by atoms with E-state index < -0.39 is 12.3 Å². The summed E-state index contributed by atoms with van der Waals surface area (Å²) in [5.74, 6) is 0.316. The summed E-state index contributed by atoms with van der Waals surface area (Å²) in [5, 5.41) is 0. The highest BCUT2D eigenvalue weighted by Gasteiger charge is 2.41. The van der Waals surface area contributed by atoms with Crippen LogP contribution >= 0.6 is 0 Å². The molecule has 0 saturated carbocycles. The molecule has 1 aliphatic heterocycles. The molecule has 1 aromatic carbocycles. The first kappa shape index (κ1) is 11.5. The van der Waals surface area contributed by atoms with Crippen molar-refractivity contribution in [1.82, 2.24) is 4.90 Å². The molecule has 0 aromatic heterocycles. The highest BCUT2D eigenvalue weighted by Crippen LogP contribution is 2.24. The van der Waals surface area contributed by atoms with Crippen LogP contribution in [0, 0.1) is 0 Å². The van der Waals surface area contributed by atoms with Crippen LogP contribution in [0.25, 0.3) is 0 Å². The Morgan fingerprint density at radius 3 is 2.53 bits per heavy atom. The predicted molar refractivity (Wildman–Crippen MR) is 56.4 cm³/mol. The molecule has 90 valence electrons. The Hall–Kier alpha value is -1.98. The molecule has 0 aliphatic carbocycles. The van der Waals surface area contributed by atoms with E-state index in [4.69, 9.17) is 4.74 Å². The van der Waals surface area contributed by atoms with Crippen molar-refractivity contribution in [2.45, 2.75) is 6.30 Å². The van der Waals surface area contributed by atoms with E-state index in [0.29, 0.717) is 5.75 Å². The molecule has 0 radical (unpaired) electrons. The average molecular weight is 242 g/mol. The number of hydrogen-bond acceptors (Lipinski definition) is 3. The van der Waals surface area contributed by atoms with Crippen LogP contribution < -0.4 is 4.74 Å². The highest BCUT2D eigenvalue weighted by atomic mass is 19.4. The van der Waals surface area contributed by atoms with Crippen molar-refractivity contribution < 1.29 is 17.9 Å². The van der Waals surface area contributed by atoms with Crippen LogP contribution in [0.1, 0.15) is 0 Å². The van der Waals surface area contributed by atoms with Gasteiger partial charge in [-0.25, -0.2) is 9.89 Å². The summed E-state index contributed by atoms with van der Waals surface area (Å²) in [5.41, 5.74) is 0. The standard InChI is InChI=1S/C11H9F3N2O/c12-11(13,14)16-8-4-7-15-10(16)17-9-5-2-1-3-6-9/h1-7H,8H2. The van der Waals surface area contributed by atoms with Gasteiger partial charge < -0.3 is 4.74 Å². The Morgan fingerprint density at radius 1 is 1.18 bits per heavy atom. The Morgan fingerprint density at radius 2 is 1.88 bits per heavy atom. The van der Waals surface area contributed by atoms with Gasteiger partial charge in [-0.3, -0.25) is 0 Å². The molecule has 1 aliphatic rings. The fourth-order valence-corrected chi connectivity index (χ4v) is 1.30. The highest BCUT2D eigenvalue weighted by molar-refractivity contribution is 5.78. The number of amidine groups is 1. The zero-order valence-electron chi connectivity index (χ0n) is 8.69. The van der Waals surface area contributed by atoms with Gasteiger partial charge in [0.2, 0.25) is 0 Å². The minimum absolute atomic E-state index is 0.139. The van der Waals surface area contributed by atoms with Gasteiger partial charge >= 0.3 is 12.3 Å². The van der Waals surface area contributed by atoms with Gasteiger partial charge in [0.1, 0.15) is 5.75 Å². The molecule has 0 fully saturated rings. The van der Waals surface area contributed by atoms with Crippen LogP contribution in [0.2, 0.25) is 0 Å². The van der Waals surface area contributed by atoms with Crippen LogP contribution in [-0.4, -0.2) is 23.8 Å². The number of rotatable bonds is 1. The van der Waals surface area contributed by atoms with E-state index >= 15 is 0 Å². The molecule has 0 N–H and O–H groups in total. The first-order valence-electron chi connectivity index (χ1n) is 4.87. The SMILES string of the molecule is FC(F)(F)N1CC=CN=C1Oc1ccccc1. The van der Waals surface area contributed by atoms with Gasteiger partial charge in [0, 0.05) is 6.20 Å². The maximum absolute atomic E-state index is 12.6. The first-order valence-corrected chi connectivity index (χ1v) is 4.87. The third-order valence-electron chi connectivity index (χ3n) is 2.07. The van der Waals surface area contributed by atoms with Gasteiger partial charge in [-0.05, 0) is 18.2 Å². The van der Waals surface area contributed by atoms with Gasteiger partial charge in [-0.2, -0.15) is 0 Å². The second kappa shape index (κ2) is 4.48. The lowest BCUT2D eigenvalue weighted by Crippen LogP contribution is -2.46. The Labute approximate surface area is 95.8 Å². The van der Waals surface area contributed by atoms with Crippen LogP contribution in [0.5, 0.6) is 5.75 Å². The molecule has 17 heavy (non-hydrogen) atoms. The van der Waals surface area contributed by atoms with E-state index in [9.17, 15) is 13.2 Å². The van der Waals surface area contributed by atoms with E-state index in [1.807, 2.05) is 0 Å². The maximum atomic E-state index is 12.6. The van der Waals surface area contributed by atoms with Gasteiger partial charge in [0.25, 0.3) is 0 Å². The lowest BCUT2D eigenvalue weighted by molar-refractivity contribution is -0.218. The number of aliphatic imine (C=N–C) groups is 1. The quantitative estimate of drug-likeness (QED) is 0.707. The summed E-state index contributed by atoms with van der Waals surface area (Å²) in [6.07, 6.45) is -1.90. The van der Waals surface area contributed by atoms with Crippen LogP contribution in [-0.2, 0) is 0 Å². The minimum Gasteiger partial charge on any atom is -0.426 e. The number of ether oxygens (including phenoxy) is 1. The Kier molecular flexibility index (Phi) is 3.03. The number of hydrogen-bond donors (Lipinski definition) is 0. The lowest BCUT2D eigenvalue weighted by atomic mass is 10.3. The lowest BCUT2D eigenvalue weighted by Gasteiger charge is -2.27. The average Bonchev–Trinajstić information content (AvgIpc) is 2.30. The van der Waals surface area contributed by atoms with Gasteiger partial charge in [-0.15, -0.1) is 13.2 Å². The first-order chi connectivity index (χ1) is 8.07. The van der Waals surface area contributed by atoms with Gasteiger partial charge in [-0.1, -0.05) is 18.2 Å². The molecule has 0 spiro atoms. The number of benzene rings is 1. The van der Waals surface area contributed by atoms with E-state index in [1.54, 1.807) is 30.3 Å². The van der Waals surface area contributed by atoms with E-state index in [0.717, 1.165) is 0 Å². The van der Waals surface area contributed by atoms with Gasteiger partial charge in [0.15, 0.2) is 0 Å². The van der Waals surface area contributed by atoms with E-state index in [2.05, 4.69) is 4.99 Å². The zero-order valence-corrected chi connectivity index (χ0v) is 8.69. The molecule has 6 heteroatoms. The second-order valence-corrected chi connectivity index (χ2v) is 3.29. The topological polar surface area (TPSA) is 24.8 Å². The molecule has 0 unspecified atom stereocenters. The summed E-state index contributed by atoms with van der Waals surface area (Å²) >= 11 is 0. The third-order valence-corrected chi connectivity index (χ3v) is 2.07. The summed E-state index contributed by atoms with van der Waals surface area (Å²) in [6.45, 7) is -0.296. The molecular formula is C11H9F3N2O.